The molecule has 1 N–H and O–H groups in total. The summed E-state index contributed by atoms with van der Waals surface area (Å²) in [6.45, 7) is 9.18. The molecule has 1 rings (SSSR count). The lowest BCUT2D eigenvalue weighted by atomic mass is 9.73. The minimum atomic E-state index is -0.518. The van der Waals surface area contributed by atoms with E-state index in [1.807, 2.05) is 13.8 Å². The van der Waals surface area contributed by atoms with Gasteiger partial charge in [-0.3, -0.25) is 4.79 Å². The molecule has 1 aliphatic heterocycles. The van der Waals surface area contributed by atoms with Gasteiger partial charge in [-0.05, 0) is 33.6 Å². The van der Waals surface area contributed by atoms with E-state index in [0.717, 1.165) is 0 Å². The Kier molecular flexibility index (Phi) is 4.37. The van der Waals surface area contributed by atoms with Crippen LogP contribution in [0.3, 0.4) is 0 Å². The van der Waals surface area contributed by atoms with Gasteiger partial charge in [0, 0.05) is 0 Å². The molecule has 5 heteroatoms. The largest absolute Gasteiger partial charge is 0.458 e. The monoisotopic (exact) mass is 257 g/mol. The topological polar surface area (TPSA) is 64.6 Å². The zero-order chi connectivity index (χ0) is 14.0. The average Bonchev–Trinajstić information content (AvgIpc) is 2.23. The number of carbonyl (C=O) groups excluding carboxylic acids is 2. The molecule has 104 valence electrons. The number of rotatable bonds is 5. The summed E-state index contributed by atoms with van der Waals surface area (Å²) in [5.74, 6) is -0.411. The molecule has 0 aliphatic carbocycles. The molecule has 0 aromatic rings. The van der Waals surface area contributed by atoms with E-state index in [0.29, 0.717) is 12.8 Å². The SMILES string of the molecule is CCC1(CC)C(=O)NC1OCC(=O)OC(C)(C)C. The second-order valence-electron chi connectivity index (χ2n) is 5.61. The maximum atomic E-state index is 11.6. The van der Waals surface area contributed by atoms with Gasteiger partial charge in [0.2, 0.25) is 5.91 Å². The van der Waals surface area contributed by atoms with Crippen molar-refractivity contribution >= 4 is 11.9 Å². The van der Waals surface area contributed by atoms with E-state index in [4.69, 9.17) is 9.47 Å². The van der Waals surface area contributed by atoms with Crippen LogP contribution in [0.4, 0.5) is 0 Å². The third kappa shape index (κ3) is 3.02. The van der Waals surface area contributed by atoms with E-state index in [2.05, 4.69) is 5.32 Å². The normalized spacial score (nSPS) is 22.1. The summed E-state index contributed by atoms with van der Waals surface area (Å²) in [6.07, 6.45) is 1.02. The zero-order valence-electron chi connectivity index (χ0n) is 11.8. The summed E-state index contributed by atoms with van der Waals surface area (Å²) in [7, 11) is 0. The van der Waals surface area contributed by atoms with Crippen molar-refractivity contribution in [1.29, 1.82) is 0 Å². The molecule has 1 aliphatic rings. The number of amides is 1. The van der Waals surface area contributed by atoms with Crippen LogP contribution >= 0.6 is 0 Å². The maximum Gasteiger partial charge on any atom is 0.332 e. The standard InChI is InChI=1S/C13H23NO4/c1-6-13(7-2)10(16)14-11(13)17-8-9(15)18-12(3,4)5/h11H,6-8H2,1-5H3,(H,14,16). The minimum Gasteiger partial charge on any atom is -0.458 e. The van der Waals surface area contributed by atoms with Crippen molar-refractivity contribution in [2.75, 3.05) is 6.61 Å². The van der Waals surface area contributed by atoms with Crippen molar-refractivity contribution in [3.05, 3.63) is 0 Å². The lowest BCUT2D eigenvalue weighted by Gasteiger charge is -2.47. The van der Waals surface area contributed by atoms with Crippen LogP contribution in [0.1, 0.15) is 47.5 Å². The maximum absolute atomic E-state index is 11.6. The van der Waals surface area contributed by atoms with Crippen molar-refractivity contribution in [3.8, 4) is 0 Å². The summed E-state index contributed by atoms with van der Waals surface area (Å²) >= 11 is 0. The van der Waals surface area contributed by atoms with Gasteiger partial charge in [0.05, 0.1) is 5.41 Å². The summed E-state index contributed by atoms with van der Waals surface area (Å²) < 4.78 is 10.6. The zero-order valence-corrected chi connectivity index (χ0v) is 11.8. The molecule has 1 fully saturated rings. The lowest BCUT2D eigenvalue weighted by Crippen LogP contribution is -2.67. The van der Waals surface area contributed by atoms with Gasteiger partial charge in [-0.2, -0.15) is 0 Å². The highest BCUT2D eigenvalue weighted by atomic mass is 16.6. The molecule has 1 saturated heterocycles. The van der Waals surface area contributed by atoms with Crippen LogP contribution in [0.2, 0.25) is 0 Å². The van der Waals surface area contributed by atoms with Crippen LogP contribution in [-0.2, 0) is 19.1 Å². The first-order valence-corrected chi connectivity index (χ1v) is 6.39. The summed E-state index contributed by atoms with van der Waals surface area (Å²) in [5, 5.41) is 2.68. The predicted octanol–water partition coefficient (Wildman–Crippen LogP) is 1.61. The van der Waals surface area contributed by atoms with Crippen molar-refractivity contribution in [2.45, 2.75) is 59.3 Å². The number of nitrogens with one attached hydrogen (secondary N) is 1. The second kappa shape index (κ2) is 5.26. The quantitative estimate of drug-likeness (QED) is 0.600. The molecular formula is C13H23NO4. The van der Waals surface area contributed by atoms with Gasteiger partial charge in [0.15, 0.2) is 0 Å². The average molecular weight is 257 g/mol. The molecule has 0 spiro atoms. The molecule has 1 unspecified atom stereocenters. The van der Waals surface area contributed by atoms with Gasteiger partial charge >= 0.3 is 5.97 Å². The van der Waals surface area contributed by atoms with Crippen molar-refractivity contribution in [2.24, 2.45) is 5.41 Å². The molecule has 0 bridgehead atoms. The predicted molar refractivity (Wildman–Crippen MR) is 66.7 cm³/mol. The van der Waals surface area contributed by atoms with Gasteiger partial charge in [-0.1, -0.05) is 13.8 Å². The first-order chi connectivity index (χ1) is 8.25. The molecule has 5 nitrogen and oxygen atoms in total. The number of carbonyl (C=O) groups is 2. The van der Waals surface area contributed by atoms with E-state index in [-0.39, 0.29) is 18.7 Å². The molecule has 0 saturated carbocycles. The number of β-lactam (4-membered cyclic amide) rings is 1. The number of ether oxygens (including phenoxy) is 2. The van der Waals surface area contributed by atoms with E-state index in [9.17, 15) is 9.59 Å². The Hall–Kier alpha value is -1.10. The second-order valence-corrected chi connectivity index (χ2v) is 5.61. The third-order valence-corrected chi connectivity index (χ3v) is 3.27. The first kappa shape index (κ1) is 15.0. The highest BCUT2D eigenvalue weighted by Crippen LogP contribution is 2.38. The number of hydrogen-bond donors (Lipinski definition) is 1. The Morgan fingerprint density at radius 1 is 1.33 bits per heavy atom. The summed E-state index contributed by atoms with van der Waals surface area (Å²) in [4.78, 5) is 23.1. The van der Waals surface area contributed by atoms with Crippen LogP contribution in [0.15, 0.2) is 0 Å². The van der Waals surface area contributed by atoms with Crippen molar-refractivity contribution in [3.63, 3.8) is 0 Å². The first-order valence-electron chi connectivity index (χ1n) is 6.39. The summed E-state index contributed by atoms with van der Waals surface area (Å²) in [6, 6.07) is 0. The van der Waals surface area contributed by atoms with Crippen molar-refractivity contribution < 1.29 is 19.1 Å². The molecule has 0 aromatic heterocycles. The van der Waals surface area contributed by atoms with Crippen LogP contribution in [0.5, 0.6) is 0 Å². The van der Waals surface area contributed by atoms with Crippen LogP contribution in [-0.4, -0.2) is 30.3 Å². The molecule has 0 radical (unpaired) electrons. The molecular weight excluding hydrogens is 234 g/mol. The Morgan fingerprint density at radius 3 is 2.28 bits per heavy atom. The van der Waals surface area contributed by atoms with Gasteiger partial charge in [-0.25, -0.2) is 4.79 Å². The molecule has 0 aromatic carbocycles. The van der Waals surface area contributed by atoms with E-state index < -0.39 is 17.0 Å². The highest BCUT2D eigenvalue weighted by Gasteiger charge is 2.53. The van der Waals surface area contributed by atoms with E-state index >= 15 is 0 Å². The number of hydrogen-bond acceptors (Lipinski definition) is 4. The lowest BCUT2D eigenvalue weighted by molar-refractivity contribution is -0.187. The summed E-state index contributed by atoms with van der Waals surface area (Å²) in [5.41, 5.74) is -1.00. The Morgan fingerprint density at radius 2 is 1.89 bits per heavy atom. The highest BCUT2D eigenvalue weighted by molar-refractivity contribution is 5.89. The minimum absolute atomic E-state index is 0.00156. The fourth-order valence-electron chi connectivity index (χ4n) is 2.11. The third-order valence-electron chi connectivity index (χ3n) is 3.27. The molecule has 18 heavy (non-hydrogen) atoms. The van der Waals surface area contributed by atoms with Crippen LogP contribution < -0.4 is 5.32 Å². The van der Waals surface area contributed by atoms with Gasteiger partial charge in [0.1, 0.15) is 18.4 Å². The molecule has 1 amide bonds. The molecule has 1 atom stereocenters. The molecule has 1 heterocycles. The van der Waals surface area contributed by atoms with Crippen LogP contribution in [0, 0.1) is 5.41 Å². The van der Waals surface area contributed by atoms with E-state index in [1.54, 1.807) is 20.8 Å². The fourth-order valence-corrected chi connectivity index (χ4v) is 2.11. The Bertz CT molecular complexity index is 328. The van der Waals surface area contributed by atoms with Gasteiger partial charge in [0.25, 0.3) is 0 Å². The number of esters is 1. The van der Waals surface area contributed by atoms with Crippen molar-refractivity contribution in [1.82, 2.24) is 5.32 Å². The fraction of sp³-hybridized carbons (Fsp3) is 0.846. The van der Waals surface area contributed by atoms with Crippen LogP contribution in [0.25, 0.3) is 0 Å². The Labute approximate surface area is 108 Å². The smallest absolute Gasteiger partial charge is 0.332 e. The van der Waals surface area contributed by atoms with E-state index in [1.165, 1.54) is 0 Å². The van der Waals surface area contributed by atoms with Gasteiger partial charge < -0.3 is 14.8 Å². The van der Waals surface area contributed by atoms with Gasteiger partial charge in [-0.15, -0.1) is 0 Å². The Balaban J connectivity index is 2.46.